The zero-order chi connectivity index (χ0) is 11.4. The van der Waals surface area contributed by atoms with E-state index in [-0.39, 0.29) is 6.61 Å². The second-order valence-electron chi connectivity index (χ2n) is 4.01. The van der Waals surface area contributed by atoms with Gasteiger partial charge in [0.05, 0.1) is 18.2 Å². The molecule has 0 fully saturated rings. The molecule has 0 bridgehead atoms. The molecule has 0 amide bonds. The first-order valence-corrected chi connectivity index (χ1v) is 5.07. The van der Waals surface area contributed by atoms with Crippen LogP contribution in [0.2, 0.25) is 0 Å². The van der Waals surface area contributed by atoms with Crippen LogP contribution in [0.4, 0.5) is 0 Å². The number of nitrogens with zero attached hydrogens (tertiary/aromatic N) is 1. The SMILES string of the molecule is C[C](CO)c1ccc(C(C)C)c(C#N)c1. The van der Waals surface area contributed by atoms with E-state index in [0.717, 1.165) is 17.0 Å². The average Bonchev–Trinajstić information content (AvgIpc) is 2.26. The molecule has 0 aliphatic carbocycles. The standard InChI is InChI=1S/C13H16NO/c1-9(2)13-5-4-11(10(3)8-15)6-12(13)7-14/h4-6,9,15H,8H2,1-3H3. The van der Waals surface area contributed by atoms with Crippen LogP contribution in [0.1, 0.15) is 43.4 Å². The number of rotatable bonds is 3. The second-order valence-corrected chi connectivity index (χ2v) is 4.01. The number of nitriles is 1. The van der Waals surface area contributed by atoms with Crippen LogP contribution >= 0.6 is 0 Å². The topological polar surface area (TPSA) is 44.0 Å². The van der Waals surface area contributed by atoms with E-state index in [1.54, 1.807) is 0 Å². The lowest BCUT2D eigenvalue weighted by molar-refractivity contribution is 0.315. The monoisotopic (exact) mass is 202 g/mol. The largest absolute Gasteiger partial charge is 0.395 e. The number of aliphatic hydroxyl groups is 1. The van der Waals surface area contributed by atoms with Crippen LogP contribution in [0.25, 0.3) is 0 Å². The Bertz CT molecular complexity index is 377. The molecule has 1 aromatic carbocycles. The quantitative estimate of drug-likeness (QED) is 0.818. The summed E-state index contributed by atoms with van der Waals surface area (Å²) in [5, 5.41) is 18.0. The summed E-state index contributed by atoms with van der Waals surface area (Å²) in [4.78, 5) is 0. The first-order valence-electron chi connectivity index (χ1n) is 5.07. The Morgan fingerprint density at radius 1 is 1.47 bits per heavy atom. The van der Waals surface area contributed by atoms with Crippen molar-refractivity contribution in [2.45, 2.75) is 26.7 Å². The zero-order valence-corrected chi connectivity index (χ0v) is 9.41. The van der Waals surface area contributed by atoms with Gasteiger partial charge in [-0.15, -0.1) is 0 Å². The molecule has 1 radical (unpaired) electrons. The summed E-state index contributed by atoms with van der Waals surface area (Å²) in [6.07, 6.45) is 0. The summed E-state index contributed by atoms with van der Waals surface area (Å²) < 4.78 is 0. The van der Waals surface area contributed by atoms with Crippen LogP contribution < -0.4 is 0 Å². The van der Waals surface area contributed by atoms with Crippen LogP contribution in [0, 0.1) is 17.2 Å². The van der Waals surface area contributed by atoms with Crippen molar-refractivity contribution in [2.75, 3.05) is 6.61 Å². The molecular weight excluding hydrogens is 186 g/mol. The molecule has 0 saturated carbocycles. The Hall–Kier alpha value is -1.33. The van der Waals surface area contributed by atoms with Gasteiger partial charge in [-0.1, -0.05) is 32.9 Å². The lowest BCUT2D eigenvalue weighted by atomic mass is 9.92. The maximum Gasteiger partial charge on any atom is 0.0994 e. The van der Waals surface area contributed by atoms with Crippen molar-refractivity contribution in [3.63, 3.8) is 0 Å². The Balaban J connectivity index is 3.15. The van der Waals surface area contributed by atoms with E-state index < -0.39 is 0 Å². The van der Waals surface area contributed by atoms with Gasteiger partial charge in [0, 0.05) is 5.92 Å². The molecule has 0 saturated heterocycles. The van der Waals surface area contributed by atoms with Crippen LogP contribution in [-0.4, -0.2) is 11.7 Å². The van der Waals surface area contributed by atoms with Gasteiger partial charge in [0.2, 0.25) is 0 Å². The third kappa shape index (κ3) is 2.57. The van der Waals surface area contributed by atoms with Gasteiger partial charge in [0.15, 0.2) is 0 Å². The molecule has 0 unspecified atom stereocenters. The summed E-state index contributed by atoms with van der Waals surface area (Å²) in [5.41, 5.74) is 2.71. The maximum atomic E-state index is 9.02. The van der Waals surface area contributed by atoms with E-state index >= 15 is 0 Å². The van der Waals surface area contributed by atoms with Crippen molar-refractivity contribution in [3.8, 4) is 6.07 Å². The number of hydrogen-bond acceptors (Lipinski definition) is 2. The first-order chi connectivity index (χ1) is 7.10. The predicted molar refractivity (Wildman–Crippen MR) is 60.4 cm³/mol. The Morgan fingerprint density at radius 2 is 2.13 bits per heavy atom. The van der Waals surface area contributed by atoms with E-state index in [0.29, 0.717) is 11.5 Å². The van der Waals surface area contributed by atoms with E-state index in [1.807, 2.05) is 25.1 Å². The molecule has 0 atom stereocenters. The van der Waals surface area contributed by atoms with Crippen molar-refractivity contribution >= 4 is 0 Å². The molecule has 1 rings (SSSR count). The van der Waals surface area contributed by atoms with Gasteiger partial charge in [0.25, 0.3) is 0 Å². The summed E-state index contributed by atoms with van der Waals surface area (Å²) in [6.45, 7) is 6.04. The normalized spacial score (nSPS) is 10.7. The molecule has 0 aliphatic rings. The minimum Gasteiger partial charge on any atom is -0.395 e. The average molecular weight is 202 g/mol. The van der Waals surface area contributed by atoms with Crippen molar-refractivity contribution in [1.29, 1.82) is 5.26 Å². The number of benzene rings is 1. The minimum atomic E-state index is 0.0336. The smallest absolute Gasteiger partial charge is 0.0994 e. The lowest BCUT2D eigenvalue weighted by Gasteiger charge is -2.12. The van der Waals surface area contributed by atoms with Gasteiger partial charge in [-0.25, -0.2) is 0 Å². The van der Waals surface area contributed by atoms with Gasteiger partial charge >= 0.3 is 0 Å². The molecule has 15 heavy (non-hydrogen) atoms. The summed E-state index contributed by atoms with van der Waals surface area (Å²) in [5.74, 6) is 1.24. The minimum absolute atomic E-state index is 0.0336. The van der Waals surface area contributed by atoms with Crippen LogP contribution in [0.15, 0.2) is 18.2 Å². The number of hydrogen-bond donors (Lipinski definition) is 1. The Labute approximate surface area is 91.2 Å². The van der Waals surface area contributed by atoms with Gasteiger partial charge in [-0.3, -0.25) is 0 Å². The predicted octanol–water partition coefficient (Wildman–Crippen LogP) is 2.62. The zero-order valence-electron chi connectivity index (χ0n) is 9.41. The van der Waals surface area contributed by atoms with Gasteiger partial charge in [0.1, 0.15) is 0 Å². The van der Waals surface area contributed by atoms with Crippen molar-refractivity contribution in [3.05, 3.63) is 40.8 Å². The van der Waals surface area contributed by atoms with E-state index in [9.17, 15) is 0 Å². The van der Waals surface area contributed by atoms with Crippen molar-refractivity contribution in [1.82, 2.24) is 0 Å². The molecule has 2 heteroatoms. The third-order valence-electron chi connectivity index (χ3n) is 2.53. The highest BCUT2D eigenvalue weighted by Gasteiger charge is 2.10. The molecule has 1 N–H and O–H groups in total. The molecule has 2 nitrogen and oxygen atoms in total. The molecule has 0 aliphatic heterocycles. The molecule has 0 aromatic heterocycles. The number of aliphatic hydroxyl groups excluding tert-OH is 1. The fourth-order valence-corrected chi connectivity index (χ4v) is 1.51. The second kappa shape index (κ2) is 4.95. The van der Waals surface area contributed by atoms with Gasteiger partial charge < -0.3 is 5.11 Å². The highest BCUT2D eigenvalue weighted by Crippen LogP contribution is 2.23. The van der Waals surface area contributed by atoms with E-state index in [4.69, 9.17) is 10.4 Å². The van der Waals surface area contributed by atoms with Crippen LogP contribution in [-0.2, 0) is 0 Å². The van der Waals surface area contributed by atoms with Gasteiger partial charge in [-0.2, -0.15) is 5.26 Å². The summed E-state index contributed by atoms with van der Waals surface area (Å²) >= 11 is 0. The Kier molecular flexibility index (Phi) is 3.88. The molecule has 0 heterocycles. The molecule has 79 valence electrons. The lowest BCUT2D eigenvalue weighted by Crippen LogP contribution is -2.02. The van der Waals surface area contributed by atoms with E-state index in [1.165, 1.54) is 0 Å². The highest BCUT2D eigenvalue weighted by atomic mass is 16.3. The third-order valence-corrected chi connectivity index (χ3v) is 2.53. The van der Waals surface area contributed by atoms with Crippen LogP contribution in [0.3, 0.4) is 0 Å². The molecular formula is C13H16NO. The molecule has 1 aromatic rings. The Morgan fingerprint density at radius 3 is 2.60 bits per heavy atom. The van der Waals surface area contributed by atoms with E-state index in [2.05, 4.69) is 19.9 Å². The maximum absolute atomic E-state index is 9.02. The van der Waals surface area contributed by atoms with Crippen LogP contribution in [0.5, 0.6) is 0 Å². The first kappa shape index (κ1) is 11.7. The summed E-state index contributed by atoms with van der Waals surface area (Å²) in [7, 11) is 0. The molecule has 0 spiro atoms. The van der Waals surface area contributed by atoms with Crippen molar-refractivity contribution < 1.29 is 5.11 Å². The highest BCUT2D eigenvalue weighted by molar-refractivity contribution is 5.45. The van der Waals surface area contributed by atoms with Crippen molar-refractivity contribution in [2.24, 2.45) is 0 Å². The summed E-state index contributed by atoms with van der Waals surface area (Å²) in [6, 6.07) is 7.98. The van der Waals surface area contributed by atoms with Gasteiger partial charge in [-0.05, 0) is 23.1 Å². The fraction of sp³-hybridized carbons (Fsp3) is 0.385. The fourth-order valence-electron chi connectivity index (χ4n) is 1.51.